The maximum Gasteiger partial charge on any atom is 0.404 e. The number of ether oxygens (including phenoxy) is 1. The number of carbonyl (C=O) groups is 2. The number of nitrogens with two attached hydrogens (primary N) is 1. The van der Waals surface area contributed by atoms with Gasteiger partial charge in [0.1, 0.15) is 6.61 Å². The highest BCUT2D eigenvalue weighted by atomic mass is 16.5. The molecule has 0 heterocycles. The normalized spacial score (nSPS) is 9.43. The molecule has 0 aliphatic rings. The van der Waals surface area contributed by atoms with E-state index >= 15 is 0 Å². The Labute approximate surface area is 123 Å². The SMILES string of the molecule is Cc1c(C#CCCO)cccc1C(=O)NCCOC(N)=O. The van der Waals surface area contributed by atoms with Gasteiger partial charge in [-0.25, -0.2) is 4.79 Å². The van der Waals surface area contributed by atoms with E-state index in [1.54, 1.807) is 19.1 Å². The van der Waals surface area contributed by atoms with Crippen LogP contribution in [0.15, 0.2) is 18.2 Å². The molecule has 0 fully saturated rings. The Morgan fingerprint density at radius 1 is 1.43 bits per heavy atom. The number of hydrogen-bond donors (Lipinski definition) is 3. The first-order chi connectivity index (χ1) is 10.1. The molecule has 0 saturated heterocycles. The van der Waals surface area contributed by atoms with Crippen LogP contribution in [0.3, 0.4) is 0 Å². The van der Waals surface area contributed by atoms with Crippen molar-refractivity contribution in [3.8, 4) is 11.8 Å². The summed E-state index contributed by atoms with van der Waals surface area (Å²) in [5.74, 6) is 5.46. The first-order valence-electron chi connectivity index (χ1n) is 6.46. The second-order valence-corrected chi connectivity index (χ2v) is 4.18. The van der Waals surface area contributed by atoms with E-state index in [4.69, 9.17) is 10.8 Å². The highest BCUT2D eigenvalue weighted by molar-refractivity contribution is 5.96. The van der Waals surface area contributed by atoms with Gasteiger partial charge in [0.15, 0.2) is 0 Å². The van der Waals surface area contributed by atoms with Crippen LogP contribution in [0.4, 0.5) is 4.79 Å². The maximum absolute atomic E-state index is 12.0. The van der Waals surface area contributed by atoms with Crippen LogP contribution in [0.2, 0.25) is 0 Å². The van der Waals surface area contributed by atoms with Gasteiger partial charge in [0.25, 0.3) is 5.91 Å². The number of carbonyl (C=O) groups excluding carboxylic acids is 2. The third-order valence-electron chi connectivity index (χ3n) is 2.67. The lowest BCUT2D eigenvalue weighted by atomic mass is 10.0. The minimum absolute atomic E-state index is 0.00604. The first-order valence-corrected chi connectivity index (χ1v) is 6.46. The average Bonchev–Trinajstić information content (AvgIpc) is 2.45. The van der Waals surface area contributed by atoms with Gasteiger partial charge in [0.2, 0.25) is 0 Å². The fourth-order valence-corrected chi connectivity index (χ4v) is 1.64. The molecular formula is C15H18N2O4. The molecule has 0 saturated carbocycles. The Bertz CT molecular complexity index is 573. The van der Waals surface area contributed by atoms with Gasteiger partial charge in [-0.3, -0.25) is 4.79 Å². The van der Waals surface area contributed by atoms with Crippen LogP contribution in [0, 0.1) is 18.8 Å². The molecule has 2 amide bonds. The summed E-state index contributed by atoms with van der Waals surface area (Å²) in [6, 6.07) is 5.24. The minimum Gasteiger partial charge on any atom is -0.448 e. The quantitative estimate of drug-likeness (QED) is 0.544. The maximum atomic E-state index is 12.0. The zero-order valence-electron chi connectivity index (χ0n) is 11.8. The van der Waals surface area contributed by atoms with Gasteiger partial charge in [0.05, 0.1) is 13.2 Å². The van der Waals surface area contributed by atoms with Crippen molar-refractivity contribution in [2.24, 2.45) is 5.73 Å². The van der Waals surface area contributed by atoms with Crippen molar-refractivity contribution in [2.75, 3.05) is 19.8 Å². The monoisotopic (exact) mass is 290 g/mol. The largest absolute Gasteiger partial charge is 0.448 e. The Balaban J connectivity index is 2.70. The molecule has 4 N–H and O–H groups in total. The molecule has 0 atom stereocenters. The molecule has 0 aliphatic carbocycles. The molecular weight excluding hydrogens is 272 g/mol. The summed E-state index contributed by atoms with van der Waals surface area (Å²) in [5.41, 5.74) is 6.82. The summed E-state index contributed by atoms with van der Waals surface area (Å²) in [4.78, 5) is 22.4. The Morgan fingerprint density at radius 2 is 2.19 bits per heavy atom. The molecule has 0 aliphatic heterocycles. The number of benzene rings is 1. The van der Waals surface area contributed by atoms with Gasteiger partial charge in [-0.15, -0.1) is 0 Å². The van der Waals surface area contributed by atoms with E-state index in [1.165, 1.54) is 0 Å². The van der Waals surface area contributed by atoms with E-state index in [1.807, 2.05) is 6.07 Å². The van der Waals surface area contributed by atoms with Gasteiger partial charge in [-0.1, -0.05) is 17.9 Å². The second-order valence-electron chi connectivity index (χ2n) is 4.18. The molecule has 112 valence electrons. The van der Waals surface area contributed by atoms with Gasteiger partial charge in [-0.05, 0) is 24.6 Å². The van der Waals surface area contributed by atoms with Crippen LogP contribution < -0.4 is 11.1 Å². The lowest BCUT2D eigenvalue weighted by Crippen LogP contribution is -2.29. The molecule has 0 spiro atoms. The highest BCUT2D eigenvalue weighted by Gasteiger charge is 2.10. The fraction of sp³-hybridized carbons (Fsp3) is 0.333. The van der Waals surface area contributed by atoms with E-state index in [-0.39, 0.29) is 25.7 Å². The molecule has 0 unspecified atom stereocenters. The van der Waals surface area contributed by atoms with Crippen molar-refractivity contribution in [1.82, 2.24) is 5.32 Å². The van der Waals surface area contributed by atoms with E-state index < -0.39 is 6.09 Å². The molecule has 6 heteroatoms. The summed E-state index contributed by atoms with van der Waals surface area (Å²) in [7, 11) is 0. The Hall–Kier alpha value is -2.52. The predicted molar refractivity (Wildman–Crippen MR) is 77.6 cm³/mol. The summed E-state index contributed by atoms with van der Waals surface area (Å²) in [5, 5.41) is 11.3. The summed E-state index contributed by atoms with van der Waals surface area (Å²) in [6.45, 7) is 2.02. The van der Waals surface area contributed by atoms with Gasteiger partial charge in [0, 0.05) is 17.5 Å². The zero-order chi connectivity index (χ0) is 15.7. The van der Waals surface area contributed by atoms with Crippen LogP contribution in [0.1, 0.15) is 27.9 Å². The van der Waals surface area contributed by atoms with Crippen LogP contribution in [0.25, 0.3) is 0 Å². The van der Waals surface area contributed by atoms with Crippen LogP contribution in [0.5, 0.6) is 0 Å². The predicted octanol–water partition coefficient (Wildman–Crippen LogP) is 0.554. The number of rotatable bonds is 5. The smallest absolute Gasteiger partial charge is 0.404 e. The van der Waals surface area contributed by atoms with Crippen molar-refractivity contribution >= 4 is 12.0 Å². The number of amides is 2. The van der Waals surface area contributed by atoms with E-state index in [0.29, 0.717) is 12.0 Å². The van der Waals surface area contributed by atoms with Crippen LogP contribution >= 0.6 is 0 Å². The summed E-state index contributed by atoms with van der Waals surface area (Å²) < 4.78 is 4.53. The van der Waals surface area contributed by atoms with Crippen molar-refractivity contribution in [1.29, 1.82) is 0 Å². The molecule has 0 bridgehead atoms. The molecule has 1 aromatic carbocycles. The topological polar surface area (TPSA) is 102 Å². The van der Waals surface area contributed by atoms with Crippen molar-refractivity contribution in [3.05, 3.63) is 34.9 Å². The van der Waals surface area contributed by atoms with Gasteiger partial charge in [-0.2, -0.15) is 0 Å². The fourth-order valence-electron chi connectivity index (χ4n) is 1.64. The first kappa shape index (κ1) is 16.5. The minimum atomic E-state index is -0.874. The van der Waals surface area contributed by atoms with Crippen molar-refractivity contribution < 1.29 is 19.4 Å². The van der Waals surface area contributed by atoms with Gasteiger partial charge >= 0.3 is 6.09 Å². The zero-order valence-corrected chi connectivity index (χ0v) is 11.8. The lowest BCUT2D eigenvalue weighted by Gasteiger charge is -2.09. The lowest BCUT2D eigenvalue weighted by molar-refractivity contribution is 0.0936. The Morgan fingerprint density at radius 3 is 2.86 bits per heavy atom. The molecule has 21 heavy (non-hydrogen) atoms. The summed E-state index contributed by atoms with van der Waals surface area (Å²) in [6.07, 6.45) is -0.484. The molecule has 0 radical (unpaired) electrons. The van der Waals surface area contributed by atoms with E-state index in [0.717, 1.165) is 11.1 Å². The number of hydrogen-bond acceptors (Lipinski definition) is 4. The third kappa shape index (κ3) is 5.55. The van der Waals surface area contributed by atoms with Crippen molar-refractivity contribution in [3.63, 3.8) is 0 Å². The van der Waals surface area contributed by atoms with Gasteiger partial charge < -0.3 is 20.9 Å². The van der Waals surface area contributed by atoms with E-state index in [2.05, 4.69) is 21.9 Å². The number of nitrogens with one attached hydrogen (secondary N) is 1. The van der Waals surface area contributed by atoms with E-state index in [9.17, 15) is 9.59 Å². The molecule has 1 rings (SSSR count). The Kier molecular flexibility index (Phi) is 6.78. The average molecular weight is 290 g/mol. The number of aliphatic hydroxyl groups is 1. The van der Waals surface area contributed by atoms with Crippen LogP contribution in [-0.4, -0.2) is 36.9 Å². The molecule has 1 aromatic rings. The number of primary amides is 1. The molecule has 0 aromatic heterocycles. The number of aliphatic hydroxyl groups excluding tert-OH is 1. The van der Waals surface area contributed by atoms with Crippen LogP contribution in [-0.2, 0) is 4.74 Å². The van der Waals surface area contributed by atoms with Crippen molar-refractivity contribution in [2.45, 2.75) is 13.3 Å². The third-order valence-corrected chi connectivity index (χ3v) is 2.67. The summed E-state index contributed by atoms with van der Waals surface area (Å²) >= 11 is 0. The standard InChI is InChI=1S/C15H18N2O4/c1-11-12(5-2-3-9-18)6-4-7-13(11)14(19)17-8-10-21-15(16)20/h4,6-7,18H,3,8-10H2,1H3,(H2,16,20)(H,17,19). The highest BCUT2D eigenvalue weighted by Crippen LogP contribution is 2.12. The second kappa shape index (κ2) is 8.61. The molecule has 6 nitrogen and oxygen atoms in total.